The van der Waals surface area contributed by atoms with Crippen LogP contribution in [0.2, 0.25) is 0 Å². The molecule has 0 saturated heterocycles. The second kappa shape index (κ2) is 7.66. The van der Waals surface area contributed by atoms with Gasteiger partial charge in [-0.1, -0.05) is 0 Å². The molecule has 6 N–H and O–H groups in total. The molecule has 0 aliphatic rings. The Hall–Kier alpha value is -0.260. The summed E-state index contributed by atoms with van der Waals surface area (Å²) < 4.78 is 42.0. The van der Waals surface area contributed by atoms with Gasteiger partial charge in [-0.25, -0.2) is 13.5 Å². The highest BCUT2D eigenvalue weighted by Crippen LogP contribution is 2.58. The van der Waals surface area contributed by atoms with Crippen LogP contribution in [0.3, 0.4) is 0 Å². The van der Waals surface area contributed by atoms with E-state index in [2.05, 4.69) is 8.83 Å². The molecule has 1 unspecified atom stereocenters. The van der Waals surface area contributed by atoms with Crippen molar-refractivity contribution in [2.45, 2.75) is 24.5 Å². The number of phosphoric acid groups is 2. The van der Waals surface area contributed by atoms with Crippen molar-refractivity contribution >= 4 is 21.9 Å². The summed E-state index contributed by atoms with van der Waals surface area (Å²) in [6.07, 6.45) is -10.1. The molecule has 0 aliphatic carbocycles. The van der Waals surface area contributed by atoms with Gasteiger partial charge in [-0.3, -0.25) is 4.52 Å². The number of aliphatic hydroxyl groups excluding tert-OH is 3. The van der Waals surface area contributed by atoms with Gasteiger partial charge in [-0.05, 0) is 0 Å². The molecule has 0 aromatic heterocycles. The molecule has 11 nitrogen and oxygen atoms in total. The van der Waals surface area contributed by atoms with E-state index in [0.29, 0.717) is 0 Å². The molecule has 0 aromatic carbocycles. The minimum absolute atomic E-state index is 0.463. The monoisotopic (exact) mass is 342 g/mol. The molecule has 120 valence electrons. The Balaban J connectivity index is 5.13. The first-order valence-corrected chi connectivity index (χ1v) is 7.80. The van der Waals surface area contributed by atoms with Crippen molar-refractivity contribution in [1.29, 1.82) is 0 Å². The van der Waals surface area contributed by atoms with E-state index < -0.39 is 53.0 Å². The first-order valence-electron chi connectivity index (χ1n) is 4.78. The summed E-state index contributed by atoms with van der Waals surface area (Å²) in [5.74, 6) is 0. The standard InChI is InChI=1S/C6H13FO11P2/c7-3(1-8)6(5(11)4(10)2-9)17-20(15,16)18-19(12,13)14/h1,3-6,9-11H,2H2,(H,15,16)(H2,12,13,14)/t3-,4-,5-,6-/m1/s1. The second-order valence-electron chi connectivity index (χ2n) is 3.43. The van der Waals surface area contributed by atoms with Gasteiger partial charge in [0.1, 0.15) is 18.3 Å². The molecule has 0 amide bonds. The van der Waals surface area contributed by atoms with Crippen LogP contribution in [0.5, 0.6) is 0 Å². The van der Waals surface area contributed by atoms with Gasteiger partial charge in [-0.15, -0.1) is 0 Å². The third-order valence-electron chi connectivity index (χ3n) is 1.83. The maximum atomic E-state index is 13.2. The van der Waals surface area contributed by atoms with Crippen LogP contribution in [0, 0.1) is 0 Å². The number of carbonyl (C=O) groups excluding carboxylic acids is 1. The van der Waals surface area contributed by atoms with Crippen molar-refractivity contribution < 1.29 is 57.1 Å². The second-order valence-corrected chi connectivity index (χ2v) is 6.21. The number of hydrogen-bond donors (Lipinski definition) is 6. The Morgan fingerprint density at radius 2 is 1.70 bits per heavy atom. The van der Waals surface area contributed by atoms with Gasteiger partial charge in [0.2, 0.25) is 0 Å². The minimum atomic E-state index is -5.56. The number of halogens is 1. The molecule has 14 heteroatoms. The van der Waals surface area contributed by atoms with Gasteiger partial charge >= 0.3 is 15.6 Å². The topological polar surface area (TPSA) is 191 Å². The number of phosphoric ester groups is 1. The highest BCUT2D eigenvalue weighted by atomic mass is 31.3. The van der Waals surface area contributed by atoms with Crippen molar-refractivity contribution in [3.05, 3.63) is 0 Å². The van der Waals surface area contributed by atoms with Crippen LogP contribution >= 0.6 is 15.6 Å². The van der Waals surface area contributed by atoms with Gasteiger partial charge < -0.3 is 34.8 Å². The number of rotatable bonds is 9. The first-order chi connectivity index (χ1) is 8.93. The zero-order chi connectivity index (χ0) is 16.1. The highest BCUT2D eigenvalue weighted by molar-refractivity contribution is 7.60. The smallest absolute Gasteiger partial charge is 0.394 e. The lowest BCUT2D eigenvalue weighted by molar-refractivity contribution is -0.125. The lowest BCUT2D eigenvalue weighted by Gasteiger charge is -2.27. The van der Waals surface area contributed by atoms with E-state index in [9.17, 15) is 23.4 Å². The maximum Gasteiger partial charge on any atom is 0.481 e. The van der Waals surface area contributed by atoms with Crippen LogP contribution in [-0.4, -0.2) is 67.4 Å². The zero-order valence-corrected chi connectivity index (χ0v) is 11.4. The summed E-state index contributed by atoms with van der Waals surface area (Å²) in [7, 11) is -11.0. The first kappa shape index (κ1) is 19.7. The van der Waals surface area contributed by atoms with Gasteiger partial charge in [-0.2, -0.15) is 4.31 Å². The number of aliphatic hydroxyl groups is 3. The van der Waals surface area contributed by atoms with Gasteiger partial charge in [0, 0.05) is 0 Å². The molecule has 20 heavy (non-hydrogen) atoms. The summed E-state index contributed by atoms with van der Waals surface area (Å²) in [5.41, 5.74) is 0. The number of alkyl halides is 1. The number of hydrogen-bond acceptors (Lipinski definition) is 8. The van der Waals surface area contributed by atoms with Crippen LogP contribution in [0.25, 0.3) is 0 Å². The van der Waals surface area contributed by atoms with Crippen molar-refractivity contribution in [3.63, 3.8) is 0 Å². The number of aldehydes is 1. The van der Waals surface area contributed by atoms with Crippen molar-refractivity contribution in [2.75, 3.05) is 6.61 Å². The van der Waals surface area contributed by atoms with Crippen LogP contribution in [0.4, 0.5) is 4.39 Å². The molecular formula is C6H13FO11P2. The normalized spacial score (nSPS) is 21.6. The van der Waals surface area contributed by atoms with Crippen LogP contribution < -0.4 is 0 Å². The summed E-state index contributed by atoms with van der Waals surface area (Å²) in [6.45, 7) is -1.11. The van der Waals surface area contributed by atoms with E-state index in [4.69, 9.17) is 24.9 Å². The average molecular weight is 342 g/mol. The van der Waals surface area contributed by atoms with E-state index >= 15 is 0 Å². The largest absolute Gasteiger partial charge is 0.481 e. The minimum Gasteiger partial charge on any atom is -0.394 e. The molecule has 0 aromatic rings. The Bertz CT molecular complexity index is 410. The Kier molecular flexibility index (Phi) is 7.56. The lowest BCUT2D eigenvalue weighted by Crippen LogP contribution is -2.46. The fraction of sp³-hybridized carbons (Fsp3) is 0.833. The SMILES string of the molecule is O=C[C@@H](F)[C@@H](OP(=O)(O)OP(=O)(O)O)[C@H](O)[C@H](O)CO. The molecule has 0 bridgehead atoms. The molecule has 0 saturated carbocycles. The summed E-state index contributed by atoms with van der Waals surface area (Å²) in [6, 6.07) is 0. The third-order valence-corrected chi connectivity index (χ3v) is 4.01. The summed E-state index contributed by atoms with van der Waals surface area (Å²) in [5, 5.41) is 26.9. The van der Waals surface area contributed by atoms with E-state index in [1.165, 1.54) is 0 Å². The van der Waals surface area contributed by atoms with Crippen molar-refractivity contribution in [2.24, 2.45) is 0 Å². The van der Waals surface area contributed by atoms with Crippen molar-refractivity contribution in [3.8, 4) is 0 Å². The highest BCUT2D eigenvalue weighted by Gasteiger charge is 2.42. The van der Waals surface area contributed by atoms with Crippen LogP contribution in [0.1, 0.15) is 0 Å². The summed E-state index contributed by atoms with van der Waals surface area (Å²) in [4.78, 5) is 35.8. The molecule has 0 heterocycles. The van der Waals surface area contributed by atoms with Crippen molar-refractivity contribution in [1.82, 2.24) is 0 Å². The molecule has 0 rings (SSSR count). The van der Waals surface area contributed by atoms with Gasteiger partial charge in [0.05, 0.1) is 6.61 Å². The third kappa shape index (κ3) is 6.95. The Morgan fingerprint density at radius 3 is 2.05 bits per heavy atom. The Morgan fingerprint density at radius 1 is 1.20 bits per heavy atom. The molecule has 0 radical (unpaired) electrons. The van der Waals surface area contributed by atoms with Gasteiger partial charge in [0.25, 0.3) is 0 Å². The van der Waals surface area contributed by atoms with Crippen LogP contribution in [-0.2, 0) is 22.8 Å². The quantitative estimate of drug-likeness (QED) is 0.197. The van der Waals surface area contributed by atoms with E-state index in [0.717, 1.165) is 0 Å². The predicted molar refractivity (Wildman–Crippen MR) is 57.9 cm³/mol. The molecule has 5 atom stereocenters. The molecule has 0 aliphatic heterocycles. The summed E-state index contributed by atoms with van der Waals surface area (Å²) >= 11 is 0. The number of carbonyl (C=O) groups is 1. The van der Waals surface area contributed by atoms with Gasteiger partial charge in [0.15, 0.2) is 12.5 Å². The zero-order valence-electron chi connectivity index (χ0n) is 9.59. The maximum absolute atomic E-state index is 13.2. The van der Waals surface area contributed by atoms with E-state index in [1.54, 1.807) is 0 Å². The molecule has 0 spiro atoms. The Labute approximate surface area is 111 Å². The van der Waals surface area contributed by atoms with E-state index in [-0.39, 0.29) is 0 Å². The average Bonchev–Trinajstić information content (AvgIpc) is 2.30. The fourth-order valence-corrected chi connectivity index (χ4v) is 2.80. The van der Waals surface area contributed by atoms with Crippen LogP contribution in [0.15, 0.2) is 0 Å². The lowest BCUT2D eigenvalue weighted by atomic mass is 10.1. The fourth-order valence-electron chi connectivity index (χ4n) is 1.02. The molecule has 0 fully saturated rings. The van der Waals surface area contributed by atoms with E-state index in [1.807, 2.05) is 0 Å². The predicted octanol–water partition coefficient (Wildman–Crippen LogP) is -2.17. The molecular weight excluding hydrogens is 329 g/mol.